The standard InChI is InChI=1S/C19H24FN5O2/c1-13(26)25-10-8-16(9-11-25)24(2)19(27)21-18-7-6-17(22-23-18)14-4-3-5-15(20)12-14/h3-7,12,16,22-23H,8-11H2,1-2H3,(H,21,27). The molecule has 27 heavy (non-hydrogen) atoms. The highest BCUT2D eigenvalue weighted by atomic mass is 19.1. The molecular weight excluding hydrogens is 349 g/mol. The fraction of sp³-hybridized carbons (Fsp3) is 0.368. The van der Waals surface area contributed by atoms with Crippen molar-refractivity contribution < 1.29 is 14.0 Å². The van der Waals surface area contributed by atoms with E-state index in [1.807, 2.05) is 0 Å². The summed E-state index contributed by atoms with van der Waals surface area (Å²) in [4.78, 5) is 27.4. The maximum atomic E-state index is 13.3. The number of halogens is 1. The van der Waals surface area contributed by atoms with E-state index in [9.17, 15) is 14.0 Å². The van der Waals surface area contributed by atoms with Crippen LogP contribution < -0.4 is 16.2 Å². The van der Waals surface area contributed by atoms with E-state index >= 15 is 0 Å². The second-order valence-electron chi connectivity index (χ2n) is 6.70. The largest absolute Gasteiger partial charge is 0.343 e. The van der Waals surface area contributed by atoms with E-state index in [1.165, 1.54) is 12.1 Å². The summed E-state index contributed by atoms with van der Waals surface area (Å²) in [5, 5.41) is 2.81. The first-order chi connectivity index (χ1) is 12.9. The first-order valence-corrected chi connectivity index (χ1v) is 8.93. The Morgan fingerprint density at radius 1 is 1.22 bits per heavy atom. The summed E-state index contributed by atoms with van der Waals surface area (Å²) in [7, 11) is 1.76. The molecule has 0 aromatic heterocycles. The molecule has 2 aliphatic rings. The van der Waals surface area contributed by atoms with Gasteiger partial charge in [-0.3, -0.25) is 21.0 Å². The first-order valence-electron chi connectivity index (χ1n) is 8.93. The number of carbonyl (C=O) groups excluding carboxylic acids is 2. The van der Waals surface area contributed by atoms with Crippen LogP contribution in [0.25, 0.3) is 5.70 Å². The summed E-state index contributed by atoms with van der Waals surface area (Å²) in [5.41, 5.74) is 7.27. The van der Waals surface area contributed by atoms with E-state index in [0.717, 1.165) is 12.8 Å². The van der Waals surface area contributed by atoms with Gasteiger partial charge in [-0.05, 0) is 37.1 Å². The van der Waals surface area contributed by atoms with Crippen molar-refractivity contribution in [1.29, 1.82) is 0 Å². The zero-order chi connectivity index (χ0) is 19.4. The number of carbonyl (C=O) groups is 2. The highest BCUT2D eigenvalue weighted by Crippen LogP contribution is 2.17. The first kappa shape index (κ1) is 18.8. The minimum atomic E-state index is -0.310. The molecule has 8 heteroatoms. The predicted octanol–water partition coefficient (Wildman–Crippen LogP) is 1.77. The number of hydrazine groups is 1. The normalized spacial score (nSPS) is 17.2. The van der Waals surface area contributed by atoms with E-state index in [-0.39, 0.29) is 23.8 Å². The van der Waals surface area contributed by atoms with Gasteiger partial charge in [0.25, 0.3) is 0 Å². The van der Waals surface area contributed by atoms with Crippen LogP contribution in [-0.4, -0.2) is 47.9 Å². The minimum Gasteiger partial charge on any atom is -0.343 e. The molecule has 3 N–H and O–H groups in total. The number of urea groups is 1. The lowest BCUT2D eigenvalue weighted by Gasteiger charge is -2.36. The molecule has 2 aliphatic heterocycles. The number of benzene rings is 1. The van der Waals surface area contributed by atoms with Gasteiger partial charge in [0.15, 0.2) is 0 Å². The van der Waals surface area contributed by atoms with Gasteiger partial charge in [0.1, 0.15) is 11.6 Å². The number of hydrogen-bond donors (Lipinski definition) is 3. The molecule has 7 nitrogen and oxygen atoms in total. The number of amides is 3. The summed E-state index contributed by atoms with van der Waals surface area (Å²) in [6.45, 7) is 2.90. The van der Waals surface area contributed by atoms with Crippen molar-refractivity contribution in [1.82, 2.24) is 26.0 Å². The number of piperidine rings is 1. The van der Waals surface area contributed by atoms with Gasteiger partial charge in [0.05, 0.1) is 5.70 Å². The van der Waals surface area contributed by atoms with E-state index < -0.39 is 0 Å². The second-order valence-corrected chi connectivity index (χ2v) is 6.70. The fourth-order valence-electron chi connectivity index (χ4n) is 3.22. The average molecular weight is 373 g/mol. The van der Waals surface area contributed by atoms with Gasteiger partial charge < -0.3 is 9.80 Å². The summed E-state index contributed by atoms with van der Waals surface area (Å²) in [6, 6.07) is 6.12. The lowest BCUT2D eigenvalue weighted by molar-refractivity contribution is -0.130. The smallest absolute Gasteiger partial charge is 0.322 e. The second kappa shape index (κ2) is 8.11. The fourth-order valence-corrected chi connectivity index (χ4v) is 3.22. The van der Waals surface area contributed by atoms with Crippen LogP contribution in [0.15, 0.2) is 42.2 Å². The van der Waals surface area contributed by atoms with Gasteiger partial charge in [-0.15, -0.1) is 0 Å². The lowest BCUT2D eigenvalue weighted by atomic mass is 10.0. The minimum absolute atomic E-state index is 0.0732. The van der Waals surface area contributed by atoms with Crippen molar-refractivity contribution in [2.45, 2.75) is 25.8 Å². The molecule has 2 heterocycles. The van der Waals surface area contributed by atoms with E-state index in [2.05, 4.69) is 16.2 Å². The SMILES string of the molecule is CC(=O)N1CCC(N(C)C(=O)NC2=CC=C(c3cccc(F)c3)NN2)CC1. The van der Waals surface area contributed by atoms with Gasteiger partial charge in [0, 0.05) is 38.7 Å². The molecule has 1 aromatic carbocycles. The molecule has 0 saturated carbocycles. The molecule has 0 bridgehead atoms. The molecule has 3 rings (SSSR count). The number of nitrogens with zero attached hydrogens (tertiary/aromatic N) is 2. The molecule has 0 aliphatic carbocycles. The number of likely N-dealkylation sites (tertiary alicyclic amines) is 1. The van der Waals surface area contributed by atoms with Gasteiger partial charge in [-0.2, -0.15) is 0 Å². The van der Waals surface area contributed by atoms with Crippen LogP contribution in [0.2, 0.25) is 0 Å². The van der Waals surface area contributed by atoms with Gasteiger partial charge >= 0.3 is 6.03 Å². The van der Waals surface area contributed by atoms with Crippen LogP contribution in [0.3, 0.4) is 0 Å². The Morgan fingerprint density at radius 2 is 1.96 bits per heavy atom. The van der Waals surface area contributed by atoms with Crippen LogP contribution in [-0.2, 0) is 4.79 Å². The number of hydrogen-bond acceptors (Lipinski definition) is 4. The third-order valence-corrected chi connectivity index (χ3v) is 4.90. The third-order valence-electron chi connectivity index (χ3n) is 4.90. The third kappa shape index (κ3) is 4.58. The Labute approximate surface area is 157 Å². The summed E-state index contributed by atoms with van der Waals surface area (Å²) in [5.74, 6) is 0.271. The van der Waals surface area contributed by atoms with Crippen molar-refractivity contribution in [2.24, 2.45) is 0 Å². The van der Waals surface area contributed by atoms with Gasteiger partial charge in [-0.25, -0.2) is 9.18 Å². The van der Waals surface area contributed by atoms with Crippen LogP contribution in [0.1, 0.15) is 25.3 Å². The maximum absolute atomic E-state index is 13.3. The summed E-state index contributed by atoms with van der Waals surface area (Å²) >= 11 is 0. The summed E-state index contributed by atoms with van der Waals surface area (Å²) < 4.78 is 13.3. The predicted molar refractivity (Wildman–Crippen MR) is 100 cm³/mol. The molecule has 1 saturated heterocycles. The van der Waals surface area contributed by atoms with Crippen molar-refractivity contribution >= 4 is 17.6 Å². The molecular formula is C19H24FN5O2. The van der Waals surface area contributed by atoms with Crippen molar-refractivity contribution in [3.8, 4) is 0 Å². The Balaban J connectivity index is 1.56. The Hall–Kier alpha value is -3.03. The van der Waals surface area contributed by atoms with E-state index in [1.54, 1.807) is 48.1 Å². The quantitative estimate of drug-likeness (QED) is 0.755. The maximum Gasteiger partial charge on any atom is 0.322 e. The Morgan fingerprint density at radius 3 is 2.56 bits per heavy atom. The zero-order valence-electron chi connectivity index (χ0n) is 15.5. The van der Waals surface area contributed by atoms with Crippen LogP contribution in [0, 0.1) is 5.82 Å². The van der Waals surface area contributed by atoms with Crippen molar-refractivity contribution in [2.75, 3.05) is 20.1 Å². The zero-order valence-corrected chi connectivity index (χ0v) is 15.5. The Bertz CT molecular complexity index is 784. The number of allylic oxidation sites excluding steroid dienone is 2. The summed E-state index contributed by atoms with van der Waals surface area (Å²) in [6.07, 6.45) is 5.02. The topological polar surface area (TPSA) is 76.7 Å². The van der Waals surface area contributed by atoms with Gasteiger partial charge in [-0.1, -0.05) is 12.1 Å². The van der Waals surface area contributed by atoms with E-state index in [0.29, 0.717) is 30.2 Å². The van der Waals surface area contributed by atoms with Crippen LogP contribution in [0.5, 0.6) is 0 Å². The molecule has 1 aromatic rings. The molecule has 1 fully saturated rings. The molecule has 144 valence electrons. The monoisotopic (exact) mass is 373 g/mol. The highest BCUT2D eigenvalue weighted by Gasteiger charge is 2.26. The Kier molecular flexibility index (Phi) is 5.63. The molecule has 3 amide bonds. The van der Waals surface area contributed by atoms with Gasteiger partial charge in [0.2, 0.25) is 5.91 Å². The molecule has 0 atom stereocenters. The van der Waals surface area contributed by atoms with E-state index in [4.69, 9.17) is 0 Å². The molecule has 0 radical (unpaired) electrons. The van der Waals surface area contributed by atoms with Crippen molar-refractivity contribution in [3.05, 3.63) is 53.6 Å². The van der Waals surface area contributed by atoms with Crippen LogP contribution in [0.4, 0.5) is 9.18 Å². The van der Waals surface area contributed by atoms with Crippen molar-refractivity contribution in [3.63, 3.8) is 0 Å². The van der Waals surface area contributed by atoms with Crippen LogP contribution >= 0.6 is 0 Å². The molecule has 0 unspecified atom stereocenters. The lowest BCUT2D eigenvalue weighted by Crippen LogP contribution is -2.51. The highest BCUT2D eigenvalue weighted by molar-refractivity contribution is 5.77. The number of rotatable bonds is 3. The molecule has 0 spiro atoms. The average Bonchev–Trinajstić information content (AvgIpc) is 2.68. The number of nitrogens with one attached hydrogen (secondary N) is 3.